The van der Waals surface area contributed by atoms with Crippen LogP contribution in [0.25, 0.3) is 0 Å². The summed E-state index contributed by atoms with van der Waals surface area (Å²) in [4.78, 5) is 0.559. The summed E-state index contributed by atoms with van der Waals surface area (Å²) in [6, 6.07) is 8.38. The van der Waals surface area contributed by atoms with Crippen LogP contribution in [0.5, 0.6) is 0 Å². The normalized spacial score (nSPS) is 10.5. The molecule has 0 atom stereocenters. The number of benzene rings is 1. The van der Waals surface area contributed by atoms with E-state index in [1.54, 1.807) is 30.3 Å². The van der Waals surface area contributed by atoms with Crippen LogP contribution in [0, 0.1) is 12.3 Å². The van der Waals surface area contributed by atoms with Gasteiger partial charge in [0.25, 0.3) is 0 Å². The first kappa shape index (κ1) is 15.3. The van der Waals surface area contributed by atoms with Crippen LogP contribution in [-0.4, -0.2) is 8.42 Å². The molecule has 1 rings (SSSR count). The summed E-state index contributed by atoms with van der Waals surface area (Å²) in [5.41, 5.74) is 2.57. The van der Waals surface area contributed by atoms with E-state index in [1.807, 2.05) is 0 Å². The molecule has 0 radical (unpaired) electrons. The van der Waals surface area contributed by atoms with Crippen LogP contribution < -0.4 is 0 Å². The molecular formula is C16H18O2S. The lowest BCUT2D eigenvalue weighted by molar-refractivity contribution is 0.597. The van der Waals surface area contributed by atoms with Gasteiger partial charge in [-0.1, -0.05) is 31.2 Å². The molecule has 19 heavy (non-hydrogen) atoms. The minimum atomic E-state index is -3.44. The summed E-state index contributed by atoms with van der Waals surface area (Å²) < 4.78 is 24.6. The molecule has 0 bridgehead atoms. The lowest BCUT2D eigenvalue weighted by Crippen LogP contribution is -2.04. The summed E-state index contributed by atoms with van der Waals surface area (Å²) in [6.45, 7) is 3.49. The van der Waals surface area contributed by atoms with Gasteiger partial charge in [0.1, 0.15) is 0 Å². The Morgan fingerprint density at radius 2 is 1.84 bits per heavy atom. The van der Waals surface area contributed by atoms with E-state index >= 15 is 0 Å². The number of unbranched alkanes of at least 4 members (excludes halogenated alkanes) is 3. The Balaban J connectivity index is 2.71. The van der Waals surface area contributed by atoms with Crippen LogP contribution in [0.3, 0.4) is 0 Å². The van der Waals surface area contributed by atoms with Crippen molar-refractivity contribution >= 4 is 9.84 Å². The van der Waals surface area contributed by atoms with Gasteiger partial charge in [0.2, 0.25) is 9.84 Å². The third-order valence-electron chi connectivity index (χ3n) is 2.80. The third-order valence-corrected chi connectivity index (χ3v) is 4.69. The second-order valence-corrected chi connectivity index (χ2v) is 6.15. The zero-order valence-corrected chi connectivity index (χ0v) is 11.7. The van der Waals surface area contributed by atoms with E-state index in [9.17, 15) is 8.42 Å². The molecular weight excluding hydrogens is 256 g/mol. The van der Waals surface area contributed by atoms with E-state index in [0.29, 0.717) is 11.3 Å². The van der Waals surface area contributed by atoms with E-state index < -0.39 is 9.84 Å². The minimum absolute atomic E-state index is 0.263. The van der Waals surface area contributed by atoms with Gasteiger partial charge in [-0.2, -0.15) is 0 Å². The molecule has 0 fully saturated rings. The van der Waals surface area contributed by atoms with Crippen molar-refractivity contribution in [1.29, 1.82) is 0 Å². The quantitative estimate of drug-likeness (QED) is 0.431. The van der Waals surface area contributed by atoms with Crippen molar-refractivity contribution in [3.05, 3.63) is 47.5 Å². The minimum Gasteiger partial charge on any atom is -0.218 e. The van der Waals surface area contributed by atoms with Crippen molar-refractivity contribution in [3.8, 4) is 12.3 Å². The monoisotopic (exact) mass is 274 g/mol. The average molecular weight is 274 g/mol. The van der Waals surface area contributed by atoms with Crippen molar-refractivity contribution in [2.75, 3.05) is 0 Å². The van der Waals surface area contributed by atoms with Gasteiger partial charge in [-0.25, -0.2) is 8.42 Å². The van der Waals surface area contributed by atoms with E-state index in [0.717, 1.165) is 25.7 Å². The Bertz CT molecular complexity index is 585. The summed E-state index contributed by atoms with van der Waals surface area (Å²) in [6.07, 6.45) is 8.99. The van der Waals surface area contributed by atoms with Crippen molar-refractivity contribution in [2.45, 2.75) is 37.0 Å². The lowest BCUT2D eigenvalue weighted by atomic mass is 10.1. The van der Waals surface area contributed by atoms with Crippen LogP contribution in [-0.2, 0) is 9.84 Å². The second kappa shape index (κ2) is 7.63. The molecule has 2 nitrogen and oxygen atoms in total. The standard InChI is InChI=1S/C16H18O2S/c1-3-5-6-7-9-12-15(4-2)19(17,18)16-13-10-8-11-14-16/h1,8,10-11,13-14H,2,5-7,9,12H2. The van der Waals surface area contributed by atoms with Crippen LogP contribution in [0.1, 0.15) is 32.1 Å². The van der Waals surface area contributed by atoms with Crippen LogP contribution in [0.15, 0.2) is 52.4 Å². The van der Waals surface area contributed by atoms with Crippen molar-refractivity contribution in [1.82, 2.24) is 0 Å². The fraction of sp³-hybridized carbons (Fsp3) is 0.312. The molecule has 1 aromatic rings. The number of rotatable bonds is 7. The highest BCUT2D eigenvalue weighted by molar-refractivity contribution is 7.95. The van der Waals surface area contributed by atoms with E-state index in [2.05, 4.69) is 18.2 Å². The SMILES string of the molecule is C#CCCCCCC(=C=C)S(=O)(=O)c1ccccc1. The Kier molecular flexibility index (Phi) is 6.15. The Morgan fingerprint density at radius 1 is 1.16 bits per heavy atom. The number of hydrogen-bond acceptors (Lipinski definition) is 2. The molecule has 0 spiro atoms. The molecule has 0 heterocycles. The smallest absolute Gasteiger partial charge is 0.209 e. The van der Waals surface area contributed by atoms with Gasteiger partial charge < -0.3 is 0 Å². The van der Waals surface area contributed by atoms with Crippen LogP contribution in [0.2, 0.25) is 0 Å². The van der Waals surface area contributed by atoms with Gasteiger partial charge in [-0.3, -0.25) is 0 Å². The molecule has 0 aliphatic heterocycles. The maximum atomic E-state index is 12.3. The topological polar surface area (TPSA) is 34.1 Å². The van der Waals surface area contributed by atoms with E-state index in [1.165, 1.54) is 0 Å². The zero-order chi connectivity index (χ0) is 14.1. The van der Waals surface area contributed by atoms with Crippen LogP contribution >= 0.6 is 0 Å². The molecule has 100 valence electrons. The summed E-state index contributed by atoms with van der Waals surface area (Å²) in [5, 5.41) is 0. The maximum absolute atomic E-state index is 12.3. The summed E-state index contributed by atoms with van der Waals surface area (Å²) in [7, 11) is -3.44. The molecule has 0 aliphatic rings. The van der Waals surface area contributed by atoms with Crippen molar-refractivity contribution in [2.24, 2.45) is 0 Å². The number of sulfone groups is 1. The highest BCUT2D eigenvalue weighted by atomic mass is 32.2. The zero-order valence-electron chi connectivity index (χ0n) is 10.9. The lowest BCUT2D eigenvalue weighted by Gasteiger charge is -2.06. The summed E-state index contributed by atoms with van der Waals surface area (Å²) in [5.74, 6) is 2.57. The van der Waals surface area contributed by atoms with Crippen molar-refractivity contribution in [3.63, 3.8) is 0 Å². The molecule has 0 saturated carbocycles. The largest absolute Gasteiger partial charge is 0.218 e. The second-order valence-electron chi connectivity index (χ2n) is 4.18. The van der Waals surface area contributed by atoms with Gasteiger partial charge in [0.15, 0.2) is 0 Å². The van der Waals surface area contributed by atoms with Gasteiger partial charge >= 0.3 is 0 Å². The molecule has 0 N–H and O–H groups in total. The predicted octanol–water partition coefficient (Wildman–Crippen LogP) is 3.71. The predicted molar refractivity (Wildman–Crippen MR) is 78.2 cm³/mol. The summed E-state index contributed by atoms with van der Waals surface area (Å²) >= 11 is 0. The fourth-order valence-electron chi connectivity index (χ4n) is 1.75. The average Bonchev–Trinajstić information content (AvgIpc) is 2.43. The fourth-order valence-corrected chi connectivity index (χ4v) is 3.15. The van der Waals surface area contributed by atoms with Gasteiger partial charge in [0.05, 0.1) is 9.80 Å². The van der Waals surface area contributed by atoms with Gasteiger partial charge in [0, 0.05) is 6.42 Å². The number of allylic oxidation sites excluding steroid dienone is 1. The van der Waals surface area contributed by atoms with Crippen molar-refractivity contribution < 1.29 is 8.42 Å². The molecule has 3 heteroatoms. The third kappa shape index (κ3) is 4.44. The molecule has 0 amide bonds. The van der Waals surface area contributed by atoms with E-state index in [4.69, 9.17) is 6.42 Å². The molecule has 0 aliphatic carbocycles. The molecule has 0 unspecified atom stereocenters. The first-order chi connectivity index (χ1) is 9.12. The van der Waals surface area contributed by atoms with E-state index in [-0.39, 0.29) is 4.91 Å². The molecule has 0 aromatic heterocycles. The first-order valence-corrected chi connectivity index (χ1v) is 7.73. The van der Waals surface area contributed by atoms with Gasteiger partial charge in [-0.15, -0.1) is 18.1 Å². The number of hydrogen-bond donors (Lipinski definition) is 0. The first-order valence-electron chi connectivity index (χ1n) is 6.25. The van der Waals surface area contributed by atoms with Crippen LogP contribution in [0.4, 0.5) is 0 Å². The Morgan fingerprint density at radius 3 is 2.42 bits per heavy atom. The molecule has 0 saturated heterocycles. The highest BCUT2D eigenvalue weighted by Crippen LogP contribution is 2.22. The maximum Gasteiger partial charge on any atom is 0.209 e. The Labute approximate surface area is 115 Å². The number of terminal acetylenes is 1. The van der Waals surface area contributed by atoms with Gasteiger partial charge in [-0.05, 0) is 31.4 Å². The molecule has 1 aromatic carbocycles. The Hall–Kier alpha value is -1.75. The highest BCUT2D eigenvalue weighted by Gasteiger charge is 2.19.